The van der Waals surface area contributed by atoms with Crippen LogP contribution in [0, 0.1) is 6.92 Å². The van der Waals surface area contributed by atoms with Crippen LogP contribution in [0.1, 0.15) is 31.1 Å². The molecule has 0 saturated carbocycles. The van der Waals surface area contributed by atoms with Crippen molar-refractivity contribution in [2.45, 2.75) is 38.6 Å². The zero-order valence-electron chi connectivity index (χ0n) is 16.5. The fourth-order valence-corrected chi connectivity index (χ4v) is 4.09. The summed E-state index contributed by atoms with van der Waals surface area (Å²) in [5, 5.41) is 11.9. The highest BCUT2D eigenvalue weighted by Gasteiger charge is 2.29. The van der Waals surface area contributed by atoms with Gasteiger partial charge in [0, 0.05) is 30.6 Å². The van der Waals surface area contributed by atoms with Crippen molar-refractivity contribution in [2.24, 2.45) is 12.0 Å². The maximum Gasteiger partial charge on any atom is 0.194 e. The molecule has 0 radical (unpaired) electrons. The number of nitrogens with one attached hydrogen (secondary N) is 1. The highest BCUT2D eigenvalue weighted by molar-refractivity contribution is 14.0. The van der Waals surface area contributed by atoms with Crippen LogP contribution in [0.2, 0.25) is 0 Å². The van der Waals surface area contributed by atoms with Crippen LogP contribution in [-0.2, 0) is 20.1 Å². The van der Waals surface area contributed by atoms with Crippen LogP contribution in [0.5, 0.6) is 0 Å². The van der Waals surface area contributed by atoms with Crippen LogP contribution in [0.15, 0.2) is 35.3 Å². The van der Waals surface area contributed by atoms with Gasteiger partial charge in [0.2, 0.25) is 0 Å². The van der Waals surface area contributed by atoms with Crippen LogP contribution in [0.3, 0.4) is 0 Å². The molecule has 6 nitrogen and oxygen atoms in total. The number of aliphatic imine (C=N–C) groups is 1. The lowest BCUT2D eigenvalue weighted by Gasteiger charge is -2.39. The predicted octanol–water partition coefficient (Wildman–Crippen LogP) is 3.21. The van der Waals surface area contributed by atoms with Crippen molar-refractivity contribution in [3.8, 4) is 0 Å². The van der Waals surface area contributed by atoms with Gasteiger partial charge in [0.1, 0.15) is 5.82 Å². The largest absolute Gasteiger partial charge is 0.349 e. The fraction of sp³-hybridized carbons (Fsp3) is 0.526. The van der Waals surface area contributed by atoms with Gasteiger partial charge in [0.25, 0.3) is 0 Å². The van der Waals surface area contributed by atoms with Gasteiger partial charge in [0.15, 0.2) is 11.8 Å². The molecule has 2 aromatic rings. The molecule has 1 fully saturated rings. The van der Waals surface area contributed by atoms with Crippen molar-refractivity contribution in [2.75, 3.05) is 18.8 Å². The maximum atomic E-state index is 4.90. The van der Waals surface area contributed by atoms with Crippen LogP contribution in [-0.4, -0.2) is 49.2 Å². The van der Waals surface area contributed by atoms with Gasteiger partial charge in [-0.05, 0) is 26.3 Å². The number of nitrogens with zero attached hydrogens (tertiary/aromatic N) is 5. The molecule has 0 atom stereocenters. The van der Waals surface area contributed by atoms with Gasteiger partial charge < -0.3 is 14.8 Å². The quantitative estimate of drug-likeness (QED) is 0.397. The minimum atomic E-state index is 0. The summed E-state index contributed by atoms with van der Waals surface area (Å²) in [6.07, 6.45) is 0. The molecule has 0 amide bonds. The standard InChI is InChI=1S/C19H28N6S.HI/c1-15-22-23-17(24(15)4)13-21-18(20-12-16-8-6-5-7-9-16)25-10-11-26-19(2,3)14-25;/h5-9H,10-14H2,1-4H3,(H,20,21);1H. The Balaban J connectivity index is 0.00000261. The van der Waals surface area contributed by atoms with Crippen molar-refractivity contribution in [1.29, 1.82) is 0 Å². The second-order valence-corrected chi connectivity index (χ2v) is 9.03. The number of hydrogen-bond acceptors (Lipinski definition) is 4. The SMILES string of the molecule is Cc1nnc(CNC(=NCc2ccccc2)N2CCSC(C)(C)C2)n1C.I. The van der Waals surface area contributed by atoms with Crippen molar-refractivity contribution >= 4 is 41.7 Å². The topological polar surface area (TPSA) is 58.3 Å². The lowest BCUT2D eigenvalue weighted by Crippen LogP contribution is -2.50. The van der Waals surface area contributed by atoms with E-state index in [1.165, 1.54) is 5.56 Å². The lowest BCUT2D eigenvalue weighted by atomic mass is 10.2. The summed E-state index contributed by atoms with van der Waals surface area (Å²) in [4.78, 5) is 7.26. The van der Waals surface area contributed by atoms with Crippen molar-refractivity contribution in [3.63, 3.8) is 0 Å². The van der Waals surface area contributed by atoms with E-state index in [1.807, 2.05) is 36.4 Å². The Morgan fingerprint density at radius 2 is 2.00 bits per heavy atom. The van der Waals surface area contributed by atoms with E-state index in [9.17, 15) is 0 Å². The molecule has 1 aromatic carbocycles. The van der Waals surface area contributed by atoms with Crippen LogP contribution in [0.4, 0.5) is 0 Å². The van der Waals surface area contributed by atoms with Gasteiger partial charge >= 0.3 is 0 Å². The molecule has 0 unspecified atom stereocenters. The number of rotatable bonds is 4. The van der Waals surface area contributed by atoms with E-state index in [0.717, 1.165) is 36.5 Å². The summed E-state index contributed by atoms with van der Waals surface area (Å²) in [5.41, 5.74) is 1.21. The number of benzene rings is 1. The summed E-state index contributed by atoms with van der Waals surface area (Å²) in [6.45, 7) is 9.84. The van der Waals surface area contributed by atoms with Crippen LogP contribution in [0.25, 0.3) is 0 Å². The first-order chi connectivity index (χ1) is 12.4. The normalized spacial score (nSPS) is 16.7. The third kappa shape index (κ3) is 6.10. The number of aromatic nitrogens is 3. The average molecular weight is 500 g/mol. The van der Waals surface area contributed by atoms with E-state index >= 15 is 0 Å². The monoisotopic (exact) mass is 500 g/mol. The molecule has 1 aliphatic rings. The average Bonchev–Trinajstić information content (AvgIpc) is 2.94. The third-order valence-electron chi connectivity index (χ3n) is 4.57. The van der Waals surface area contributed by atoms with E-state index in [1.54, 1.807) is 0 Å². The summed E-state index contributed by atoms with van der Waals surface area (Å²) < 4.78 is 2.24. The minimum absolute atomic E-state index is 0. The van der Waals surface area contributed by atoms with Crippen LogP contribution >= 0.6 is 35.7 Å². The first kappa shape index (κ1) is 22.0. The Morgan fingerprint density at radius 3 is 2.63 bits per heavy atom. The van der Waals surface area contributed by atoms with Gasteiger partial charge in [-0.2, -0.15) is 11.8 Å². The molecule has 0 bridgehead atoms. The molecule has 1 aromatic heterocycles. The Hall–Kier alpha value is -1.29. The van der Waals surface area contributed by atoms with Crippen molar-refractivity contribution < 1.29 is 0 Å². The van der Waals surface area contributed by atoms with Gasteiger partial charge in [-0.3, -0.25) is 0 Å². The smallest absolute Gasteiger partial charge is 0.194 e. The van der Waals surface area contributed by atoms with Crippen molar-refractivity contribution in [3.05, 3.63) is 47.5 Å². The van der Waals surface area contributed by atoms with Gasteiger partial charge in [-0.1, -0.05) is 30.3 Å². The maximum absolute atomic E-state index is 4.90. The molecule has 8 heteroatoms. The summed E-state index contributed by atoms with van der Waals surface area (Å²) in [5.74, 6) is 3.89. The van der Waals surface area contributed by atoms with Gasteiger partial charge in [-0.25, -0.2) is 4.99 Å². The first-order valence-corrected chi connectivity index (χ1v) is 9.99. The first-order valence-electron chi connectivity index (χ1n) is 9.01. The number of guanidine groups is 1. The summed E-state index contributed by atoms with van der Waals surface area (Å²) >= 11 is 2.03. The zero-order chi connectivity index (χ0) is 18.6. The van der Waals surface area contributed by atoms with E-state index in [-0.39, 0.29) is 28.7 Å². The Kier molecular flexibility index (Phi) is 7.96. The van der Waals surface area contributed by atoms with Gasteiger partial charge in [-0.15, -0.1) is 34.2 Å². The van der Waals surface area contributed by atoms with E-state index in [0.29, 0.717) is 13.1 Å². The predicted molar refractivity (Wildman–Crippen MR) is 124 cm³/mol. The van der Waals surface area contributed by atoms with Gasteiger partial charge in [0.05, 0.1) is 13.1 Å². The van der Waals surface area contributed by atoms with E-state index in [2.05, 4.69) is 58.5 Å². The van der Waals surface area contributed by atoms with Crippen LogP contribution < -0.4 is 5.32 Å². The van der Waals surface area contributed by atoms with E-state index < -0.39 is 0 Å². The molecule has 1 saturated heterocycles. The Labute approximate surface area is 183 Å². The second-order valence-electron chi connectivity index (χ2n) is 7.23. The lowest BCUT2D eigenvalue weighted by molar-refractivity contribution is 0.374. The molecule has 0 aliphatic carbocycles. The number of thioether (sulfide) groups is 1. The fourth-order valence-electron chi connectivity index (χ4n) is 2.98. The third-order valence-corrected chi connectivity index (χ3v) is 5.86. The molecule has 2 heterocycles. The molecular formula is C19H29IN6S. The molecule has 148 valence electrons. The minimum Gasteiger partial charge on any atom is -0.349 e. The number of halogens is 1. The molecule has 1 N–H and O–H groups in total. The number of hydrogen-bond donors (Lipinski definition) is 1. The highest BCUT2D eigenvalue weighted by atomic mass is 127. The Bertz CT molecular complexity index is 759. The molecule has 1 aliphatic heterocycles. The summed E-state index contributed by atoms with van der Waals surface area (Å²) in [7, 11) is 1.99. The Morgan fingerprint density at radius 1 is 1.26 bits per heavy atom. The molecule has 3 rings (SSSR count). The molecular weight excluding hydrogens is 471 g/mol. The summed E-state index contributed by atoms with van der Waals surface area (Å²) in [6, 6.07) is 10.4. The molecule has 0 spiro atoms. The highest BCUT2D eigenvalue weighted by Crippen LogP contribution is 2.29. The van der Waals surface area contributed by atoms with Crippen molar-refractivity contribution in [1.82, 2.24) is 25.0 Å². The van der Waals surface area contributed by atoms with E-state index in [4.69, 9.17) is 4.99 Å². The zero-order valence-corrected chi connectivity index (χ0v) is 19.6. The number of aryl methyl sites for hydroxylation is 1. The molecule has 27 heavy (non-hydrogen) atoms. The second kappa shape index (κ2) is 9.77.